The molecule has 0 atom stereocenters. The van der Waals surface area contributed by atoms with Gasteiger partial charge < -0.3 is 4.90 Å². The second kappa shape index (κ2) is 10.5. The molecule has 0 amide bonds. The van der Waals surface area contributed by atoms with E-state index in [0.717, 1.165) is 65.3 Å². The zero-order chi connectivity index (χ0) is 26.2. The maximum Gasteiger partial charge on any atom is 0.140 e. The van der Waals surface area contributed by atoms with E-state index in [0.29, 0.717) is 15.1 Å². The standard InChI is InChI=1S/C31H27Cl3N2O/c1-20-29(36-16-14-31(15-17-36,21(2)37)23-6-4-3-5-7-23)19-27(26-13-12-25(33)18-28(26)34)30(35-20)22-8-10-24(32)11-9-22/h3-13,18-19H,14-17H2,1-2H3. The van der Waals surface area contributed by atoms with Crippen LogP contribution in [0.5, 0.6) is 0 Å². The molecule has 5 rings (SSSR count). The lowest BCUT2D eigenvalue weighted by molar-refractivity contribution is -0.123. The first-order chi connectivity index (χ1) is 17.8. The summed E-state index contributed by atoms with van der Waals surface area (Å²) in [4.78, 5) is 20.3. The Kier molecular flexibility index (Phi) is 7.31. The van der Waals surface area contributed by atoms with Crippen molar-refractivity contribution in [2.45, 2.75) is 32.1 Å². The zero-order valence-corrected chi connectivity index (χ0v) is 23.0. The molecule has 3 nitrogen and oxygen atoms in total. The number of rotatable bonds is 5. The van der Waals surface area contributed by atoms with E-state index < -0.39 is 5.41 Å². The Morgan fingerprint density at radius 2 is 1.49 bits per heavy atom. The third-order valence-electron chi connectivity index (χ3n) is 7.48. The fourth-order valence-electron chi connectivity index (χ4n) is 5.39. The summed E-state index contributed by atoms with van der Waals surface area (Å²) in [6, 6.07) is 25.5. The van der Waals surface area contributed by atoms with E-state index in [9.17, 15) is 4.79 Å². The second-order valence-corrected chi connectivity index (χ2v) is 10.9. The van der Waals surface area contributed by atoms with Crippen LogP contribution in [-0.4, -0.2) is 23.9 Å². The molecule has 1 aliphatic rings. The van der Waals surface area contributed by atoms with Gasteiger partial charge in [-0.15, -0.1) is 0 Å². The highest BCUT2D eigenvalue weighted by atomic mass is 35.5. The molecule has 1 aromatic heterocycles. The number of Topliss-reactive ketones (excluding diaryl/α,β-unsaturated/α-hetero) is 1. The van der Waals surface area contributed by atoms with E-state index in [1.165, 1.54) is 0 Å². The van der Waals surface area contributed by atoms with Crippen molar-refractivity contribution in [2.24, 2.45) is 0 Å². The van der Waals surface area contributed by atoms with Gasteiger partial charge in [-0.2, -0.15) is 0 Å². The number of ketones is 1. The van der Waals surface area contributed by atoms with E-state index in [2.05, 4.69) is 23.1 Å². The van der Waals surface area contributed by atoms with Crippen LogP contribution in [0.3, 0.4) is 0 Å². The minimum atomic E-state index is -0.454. The minimum absolute atomic E-state index is 0.222. The van der Waals surface area contributed by atoms with Crippen LogP contribution in [0.2, 0.25) is 15.1 Å². The molecule has 0 radical (unpaired) electrons. The Labute approximate surface area is 233 Å². The Morgan fingerprint density at radius 1 is 0.838 bits per heavy atom. The van der Waals surface area contributed by atoms with Crippen LogP contribution in [0.25, 0.3) is 22.4 Å². The van der Waals surface area contributed by atoms with Gasteiger partial charge in [0.05, 0.1) is 22.5 Å². The summed E-state index contributed by atoms with van der Waals surface area (Å²) < 4.78 is 0. The van der Waals surface area contributed by atoms with Crippen LogP contribution >= 0.6 is 34.8 Å². The molecular formula is C31H27Cl3N2O. The third kappa shape index (κ3) is 5.01. The van der Waals surface area contributed by atoms with Crippen LogP contribution in [0.4, 0.5) is 5.69 Å². The molecule has 0 aliphatic carbocycles. The first kappa shape index (κ1) is 25.8. The molecule has 4 aromatic rings. The summed E-state index contributed by atoms with van der Waals surface area (Å²) >= 11 is 19.1. The smallest absolute Gasteiger partial charge is 0.140 e. The van der Waals surface area contributed by atoms with Gasteiger partial charge in [-0.05, 0) is 62.6 Å². The minimum Gasteiger partial charge on any atom is -0.370 e. The number of benzene rings is 3. The Morgan fingerprint density at radius 3 is 2.11 bits per heavy atom. The first-order valence-corrected chi connectivity index (χ1v) is 13.5. The topological polar surface area (TPSA) is 33.2 Å². The van der Waals surface area contributed by atoms with Crippen molar-refractivity contribution in [1.82, 2.24) is 4.98 Å². The quantitative estimate of drug-likeness (QED) is 0.249. The SMILES string of the molecule is CC(=O)C1(c2ccccc2)CCN(c2cc(-c3ccc(Cl)cc3Cl)c(-c3ccc(Cl)cc3)nc2C)CC1. The van der Waals surface area contributed by atoms with Gasteiger partial charge in [-0.25, -0.2) is 0 Å². The van der Waals surface area contributed by atoms with Gasteiger partial charge in [0, 0.05) is 44.8 Å². The van der Waals surface area contributed by atoms with Crippen LogP contribution < -0.4 is 4.90 Å². The van der Waals surface area contributed by atoms with Crippen molar-refractivity contribution in [3.8, 4) is 22.4 Å². The van der Waals surface area contributed by atoms with E-state index >= 15 is 0 Å². The number of aromatic nitrogens is 1. The number of piperidine rings is 1. The Bertz CT molecular complexity index is 1440. The van der Waals surface area contributed by atoms with Crippen LogP contribution in [-0.2, 0) is 10.2 Å². The average molecular weight is 550 g/mol. The largest absolute Gasteiger partial charge is 0.370 e. The number of aryl methyl sites for hydroxylation is 1. The number of pyridine rings is 1. The molecule has 1 fully saturated rings. The summed E-state index contributed by atoms with van der Waals surface area (Å²) in [5, 5.41) is 1.82. The van der Waals surface area contributed by atoms with Gasteiger partial charge >= 0.3 is 0 Å². The summed E-state index contributed by atoms with van der Waals surface area (Å²) in [5.74, 6) is 0.222. The van der Waals surface area contributed by atoms with Crippen molar-refractivity contribution < 1.29 is 4.79 Å². The number of halogens is 3. The molecule has 37 heavy (non-hydrogen) atoms. The van der Waals surface area contributed by atoms with E-state index in [1.54, 1.807) is 13.0 Å². The maximum atomic E-state index is 12.9. The predicted molar refractivity (Wildman–Crippen MR) is 155 cm³/mol. The van der Waals surface area contributed by atoms with Crippen molar-refractivity contribution >= 4 is 46.3 Å². The van der Waals surface area contributed by atoms with E-state index in [4.69, 9.17) is 39.8 Å². The average Bonchev–Trinajstić information content (AvgIpc) is 2.90. The number of carbonyl (C=O) groups excluding carboxylic acids is 1. The number of nitrogens with zero attached hydrogens (tertiary/aromatic N) is 2. The summed E-state index contributed by atoms with van der Waals surface area (Å²) in [6.45, 7) is 5.26. The molecule has 0 saturated carbocycles. The Balaban J connectivity index is 1.56. The third-order valence-corrected chi connectivity index (χ3v) is 8.28. The first-order valence-electron chi connectivity index (χ1n) is 12.3. The van der Waals surface area contributed by atoms with Gasteiger partial charge in [0.2, 0.25) is 0 Å². The van der Waals surface area contributed by atoms with E-state index in [1.807, 2.05) is 61.5 Å². The number of carbonyl (C=O) groups is 1. The Hall–Kier alpha value is -2.85. The van der Waals surface area contributed by atoms with Gasteiger partial charge in [0.15, 0.2) is 0 Å². The van der Waals surface area contributed by atoms with Gasteiger partial charge in [-0.1, -0.05) is 83.3 Å². The molecule has 0 spiro atoms. The zero-order valence-electron chi connectivity index (χ0n) is 20.8. The highest BCUT2D eigenvalue weighted by Crippen LogP contribution is 2.42. The second-order valence-electron chi connectivity index (χ2n) is 9.61. The molecule has 3 aromatic carbocycles. The monoisotopic (exact) mass is 548 g/mol. The maximum absolute atomic E-state index is 12.9. The number of anilines is 1. The summed E-state index contributed by atoms with van der Waals surface area (Å²) in [5.41, 5.74) is 6.20. The van der Waals surface area contributed by atoms with Crippen LogP contribution in [0.15, 0.2) is 78.9 Å². The highest BCUT2D eigenvalue weighted by molar-refractivity contribution is 6.36. The van der Waals surface area contributed by atoms with Gasteiger partial charge in [-0.3, -0.25) is 9.78 Å². The lowest BCUT2D eigenvalue weighted by Crippen LogP contribution is -2.46. The molecule has 1 aliphatic heterocycles. The fourth-order valence-corrected chi connectivity index (χ4v) is 6.02. The summed E-state index contributed by atoms with van der Waals surface area (Å²) in [7, 11) is 0. The van der Waals surface area contributed by atoms with Crippen LogP contribution in [0, 0.1) is 6.92 Å². The molecule has 188 valence electrons. The normalized spacial score (nSPS) is 15.0. The van der Waals surface area contributed by atoms with Crippen molar-refractivity contribution in [3.63, 3.8) is 0 Å². The lowest BCUT2D eigenvalue weighted by atomic mass is 9.70. The van der Waals surface area contributed by atoms with Crippen LogP contribution in [0.1, 0.15) is 31.0 Å². The fraction of sp³-hybridized carbons (Fsp3) is 0.226. The predicted octanol–water partition coefficient (Wildman–Crippen LogP) is 8.81. The highest BCUT2D eigenvalue weighted by Gasteiger charge is 2.40. The van der Waals surface area contributed by atoms with Gasteiger partial charge in [0.25, 0.3) is 0 Å². The molecule has 0 bridgehead atoms. The molecule has 0 unspecified atom stereocenters. The molecule has 0 N–H and O–H groups in total. The van der Waals surface area contributed by atoms with Crippen molar-refractivity contribution in [2.75, 3.05) is 18.0 Å². The molecular weight excluding hydrogens is 523 g/mol. The lowest BCUT2D eigenvalue weighted by Gasteiger charge is -2.42. The van der Waals surface area contributed by atoms with E-state index in [-0.39, 0.29) is 5.78 Å². The molecule has 6 heteroatoms. The van der Waals surface area contributed by atoms with Gasteiger partial charge in [0.1, 0.15) is 5.78 Å². The molecule has 1 saturated heterocycles. The summed E-state index contributed by atoms with van der Waals surface area (Å²) in [6.07, 6.45) is 1.50. The van der Waals surface area contributed by atoms with Crippen molar-refractivity contribution in [1.29, 1.82) is 0 Å². The number of hydrogen-bond donors (Lipinski definition) is 0. The number of hydrogen-bond acceptors (Lipinski definition) is 3. The molecule has 2 heterocycles. The van der Waals surface area contributed by atoms with Crippen molar-refractivity contribution in [3.05, 3.63) is 105 Å².